The van der Waals surface area contributed by atoms with Gasteiger partial charge in [0.05, 0.1) is 5.56 Å². The third kappa shape index (κ3) is 3.76. The molecule has 0 amide bonds. The Kier molecular flexibility index (Phi) is 4.85. The minimum Gasteiger partial charge on any atom is -0.453 e. The molecule has 0 saturated carbocycles. The predicted octanol–water partition coefficient (Wildman–Crippen LogP) is 5.55. The van der Waals surface area contributed by atoms with Gasteiger partial charge in [0.2, 0.25) is 5.78 Å². The topological polar surface area (TPSA) is 56.5 Å². The van der Waals surface area contributed by atoms with Gasteiger partial charge in [0.1, 0.15) is 11.3 Å². The molecule has 0 fully saturated rings. The molecule has 0 aliphatic heterocycles. The van der Waals surface area contributed by atoms with Crippen LogP contribution in [0.2, 0.25) is 0 Å². The molecule has 0 saturated heterocycles. The van der Waals surface area contributed by atoms with E-state index in [1.165, 1.54) is 6.08 Å². The zero-order chi connectivity index (χ0) is 19.3. The summed E-state index contributed by atoms with van der Waals surface area (Å²) in [4.78, 5) is 24.8. The molecule has 136 valence electrons. The molecule has 0 spiro atoms. The van der Waals surface area contributed by atoms with Gasteiger partial charge in [0, 0.05) is 10.9 Å². The van der Waals surface area contributed by atoms with Crippen LogP contribution in [0.15, 0.2) is 95.4 Å². The predicted molar refractivity (Wildman–Crippen MR) is 107 cm³/mol. The second-order valence-electron chi connectivity index (χ2n) is 6.14. The van der Waals surface area contributed by atoms with Crippen molar-refractivity contribution in [2.75, 3.05) is 0 Å². The highest BCUT2D eigenvalue weighted by Crippen LogP contribution is 2.23. The zero-order valence-corrected chi connectivity index (χ0v) is 14.9. The van der Waals surface area contributed by atoms with Crippen LogP contribution in [-0.4, -0.2) is 11.8 Å². The highest BCUT2D eigenvalue weighted by molar-refractivity contribution is 6.07. The summed E-state index contributed by atoms with van der Waals surface area (Å²) in [6, 6.07) is 24.9. The van der Waals surface area contributed by atoms with Crippen LogP contribution in [0.1, 0.15) is 26.5 Å². The lowest BCUT2D eigenvalue weighted by Crippen LogP contribution is -2.08. The van der Waals surface area contributed by atoms with Crippen molar-refractivity contribution in [3.05, 3.63) is 108 Å². The van der Waals surface area contributed by atoms with E-state index < -0.39 is 5.97 Å². The molecule has 0 N–H and O–H groups in total. The highest BCUT2D eigenvalue weighted by Gasteiger charge is 2.12. The normalized spacial score (nSPS) is 11.0. The monoisotopic (exact) mass is 368 g/mol. The first-order chi connectivity index (χ1) is 13.7. The average Bonchev–Trinajstić information content (AvgIpc) is 3.18. The molecule has 0 radical (unpaired) electrons. The molecule has 4 aromatic rings. The summed E-state index contributed by atoms with van der Waals surface area (Å²) in [6.07, 6.45) is 3.02. The van der Waals surface area contributed by atoms with Gasteiger partial charge in [0.15, 0.2) is 5.76 Å². The summed E-state index contributed by atoms with van der Waals surface area (Å²) in [5.74, 6) is -0.0772. The van der Waals surface area contributed by atoms with Crippen LogP contribution in [0.4, 0.5) is 0 Å². The molecule has 0 aliphatic rings. The summed E-state index contributed by atoms with van der Waals surface area (Å²) in [7, 11) is 0. The smallest absolute Gasteiger partial charge is 0.343 e. The Morgan fingerprint density at radius 1 is 0.821 bits per heavy atom. The summed E-state index contributed by atoms with van der Waals surface area (Å²) < 4.78 is 11.1. The van der Waals surface area contributed by atoms with E-state index in [9.17, 15) is 9.59 Å². The van der Waals surface area contributed by atoms with Crippen LogP contribution in [0.3, 0.4) is 0 Å². The van der Waals surface area contributed by atoms with Gasteiger partial charge in [-0.2, -0.15) is 0 Å². The van der Waals surface area contributed by atoms with Crippen LogP contribution in [0.5, 0.6) is 5.75 Å². The Hall–Kier alpha value is -3.92. The van der Waals surface area contributed by atoms with Gasteiger partial charge in [-0.25, -0.2) is 4.79 Å². The Labute approximate surface area is 161 Å². The maximum Gasteiger partial charge on any atom is 0.343 e. The van der Waals surface area contributed by atoms with Crippen LogP contribution >= 0.6 is 0 Å². The number of hydrogen-bond donors (Lipinski definition) is 0. The van der Waals surface area contributed by atoms with Gasteiger partial charge < -0.3 is 9.15 Å². The molecule has 0 bridgehead atoms. The largest absolute Gasteiger partial charge is 0.453 e. The Morgan fingerprint density at radius 2 is 1.54 bits per heavy atom. The number of ether oxygens (including phenoxy) is 1. The van der Waals surface area contributed by atoms with E-state index in [2.05, 4.69) is 0 Å². The number of furan rings is 1. The van der Waals surface area contributed by atoms with Crippen LogP contribution in [0.25, 0.3) is 17.0 Å². The number of ketones is 1. The van der Waals surface area contributed by atoms with Crippen LogP contribution in [0, 0.1) is 0 Å². The summed E-state index contributed by atoms with van der Waals surface area (Å²) in [6.45, 7) is 0. The lowest BCUT2D eigenvalue weighted by Gasteiger charge is -2.07. The van der Waals surface area contributed by atoms with Crippen molar-refractivity contribution in [1.29, 1.82) is 0 Å². The quantitative estimate of drug-likeness (QED) is 0.201. The summed E-state index contributed by atoms with van der Waals surface area (Å²) in [5, 5.41) is 0.872. The van der Waals surface area contributed by atoms with E-state index in [4.69, 9.17) is 9.15 Å². The number of para-hydroxylation sites is 2. The van der Waals surface area contributed by atoms with Crippen molar-refractivity contribution < 1.29 is 18.7 Å². The molecule has 4 heteroatoms. The number of benzene rings is 3. The second kappa shape index (κ2) is 7.76. The Morgan fingerprint density at radius 3 is 2.36 bits per heavy atom. The highest BCUT2D eigenvalue weighted by atomic mass is 16.5. The standard InChI is InChI=1S/C24H16O4/c25-20(23-16-19-11-5-7-13-22(19)27-23)15-14-17-8-4-6-12-21(17)28-24(26)18-9-2-1-3-10-18/h1-16H/b15-14-. The number of rotatable bonds is 5. The first kappa shape index (κ1) is 17.5. The molecule has 28 heavy (non-hydrogen) atoms. The molecule has 0 aliphatic carbocycles. The summed E-state index contributed by atoms with van der Waals surface area (Å²) in [5.41, 5.74) is 1.74. The molecular weight excluding hydrogens is 352 g/mol. The fraction of sp³-hybridized carbons (Fsp3) is 0. The third-order valence-electron chi connectivity index (χ3n) is 4.21. The Bertz CT molecular complexity index is 1140. The van der Waals surface area contributed by atoms with Gasteiger partial charge in [0.25, 0.3) is 0 Å². The van der Waals surface area contributed by atoms with Gasteiger partial charge in [-0.1, -0.05) is 54.6 Å². The van der Waals surface area contributed by atoms with Gasteiger partial charge in [-0.05, 0) is 42.5 Å². The molecule has 4 nitrogen and oxygen atoms in total. The van der Waals surface area contributed by atoms with Crippen molar-refractivity contribution >= 4 is 28.8 Å². The molecule has 1 aromatic heterocycles. The van der Waals surface area contributed by atoms with E-state index in [1.54, 1.807) is 54.6 Å². The van der Waals surface area contributed by atoms with Crippen LogP contribution < -0.4 is 4.74 Å². The molecule has 3 aromatic carbocycles. The number of esters is 1. The lowest BCUT2D eigenvalue weighted by molar-refractivity contribution is 0.0734. The molecular formula is C24H16O4. The number of allylic oxidation sites excluding steroid dienone is 1. The van der Waals surface area contributed by atoms with E-state index >= 15 is 0 Å². The van der Waals surface area contributed by atoms with Crippen molar-refractivity contribution in [3.63, 3.8) is 0 Å². The van der Waals surface area contributed by atoms with Gasteiger partial charge in [-0.3, -0.25) is 4.79 Å². The molecule has 1 heterocycles. The SMILES string of the molecule is O=C(Oc1ccccc1/C=C\C(=O)c1cc2ccccc2o1)c1ccccc1. The van der Waals surface area contributed by atoms with Gasteiger partial charge >= 0.3 is 5.97 Å². The van der Waals surface area contributed by atoms with E-state index in [1.807, 2.05) is 36.4 Å². The van der Waals surface area contributed by atoms with Crippen molar-refractivity contribution in [2.24, 2.45) is 0 Å². The van der Waals surface area contributed by atoms with E-state index in [-0.39, 0.29) is 11.5 Å². The molecule has 0 unspecified atom stereocenters. The van der Waals surface area contributed by atoms with Crippen molar-refractivity contribution in [1.82, 2.24) is 0 Å². The first-order valence-corrected chi connectivity index (χ1v) is 8.78. The average molecular weight is 368 g/mol. The minimum atomic E-state index is -0.454. The second-order valence-corrected chi connectivity index (χ2v) is 6.14. The molecule has 0 atom stereocenters. The van der Waals surface area contributed by atoms with Crippen molar-refractivity contribution in [3.8, 4) is 5.75 Å². The number of carbonyl (C=O) groups is 2. The number of carbonyl (C=O) groups excluding carboxylic acids is 2. The number of fused-ring (bicyclic) bond motifs is 1. The zero-order valence-electron chi connectivity index (χ0n) is 14.9. The maximum atomic E-state index is 12.5. The summed E-state index contributed by atoms with van der Waals surface area (Å²) >= 11 is 0. The fourth-order valence-electron chi connectivity index (χ4n) is 2.80. The minimum absolute atomic E-state index is 0.260. The molecule has 4 rings (SSSR count). The maximum absolute atomic E-state index is 12.5. The van der Waals surface area contributed by atoms with E-state index in [0.29, 0.717) is 22.5 Å². The van der Waals surface area contributed by atoms with Crippen LogP contribution in [-0.2, 0) is 0 Å². The lowest BCUT2D eigenvalue weighted by atomic mass is 10.1. The van der Waals surface area contributed by atoms with Crippen molar-refractivity contribution in [2.45, 2.75) is 0 Å². The fourth-order valence-corrected chi connectivity index (χ4v) is 2.80. The number of hydrogen-bond acceptors (Lipinski definition) is 4. The van der Waals surface area contributed by atoms with Gasteiger partial charge in [-0.15, -0.1) is 0 Å². The Balaban J connectivity index is 1.54. The van der Waals surface area contributed by atoms with E-state index in [0.717, 1.165) is 5.39 Å². The first-order valence-electron chi connectivity index (χ1n) is 8.78. The third-order valence-corrected chi connectivity index (χ3v) is 4.21.